The van der Waals surface area contributed by atoms with E-state index >= 15 is 0 Å². The van der Waals surface area contributed by atoms with Crippen LogP contribution in [0.5, 0.6) is 12.0 Å². The van der Waals surface area contributed by atoms with Gasteiger partial charge in [-0.05, 0) is 0 Å². The lowest BCUT2D eigenvalue weighted by Crippen LogP contribution is -2.39. The van der Waals surface area contributed by atoms with Crippen molar-refractivity contribution in [2.24, 2.45) is 0 Å². The molecule has 1 amide bonds. The number of ether oxygens (including phenoxy) is 2. The predicted molar refractivity (Wildman–Crippen MR) is 46.7 cm³/mol. The van der Waals surface area contributed by atoms with Gasteiger partial charge in [-0.2, -0.15) is 9.97 Å². The number of amides is 1. The zero-order valence-electron chi connectivity index (χ0n) is 8.42. The van der Waals surface area contributed by atoms with Crippen molar-refractivity contribution in [3.63, 3.8) is 0 Å². The molecule has 8 heteroatoms. The molecule has 0 radical (unpaired) electrons. The van der Waals surface area contributed by atoms with Crippen LogP contribution in [0.15, 0.2) is 0 Å². The highest BCUT2D eigenvalue weighted by Crippen LogP contribution is 2.14. The minimum absolute atomic E-state index is 0.0371. The van der Waals surface area contributed by atoms with Crippen molar-refractivity contribution >= 4 is 12.0 Å². The van der Waals surface area contributed by atoms with Crippen LogP contribution in [0.3, 0.4) is 0 Å². The van der Waals surface area contributed by atoms with Crippen LogP contribution < -0.4 is 19.5 Å². The van der Waals surface area contributed by atoms with Crippen LogP contribution in [0.4, 0.5) is 10.7 Å². The average molecular weight is 213 g/mol. The molecule has 0 bridgehead atoms. The van der Waals surface area contributed by atoms with Crippen LogP contribution >= 0.6 is 0 Å². The number of anilines is 1. The van der Waals surface area contributed by atoms with E-state index in [0.29, 0.717) is 4.90 Å². The summed E-state index contributed by atoms with van der Waals surface area (Å²) >= 11 is 0. The van der Waals surface area contributed by atoms with Crippen molar-refractivity contribution in [1.29, 1.82) is 0 Å². The van der Waals surface area contributed by atoms with E-state index in [1.165, 1.54) is 21.3 Å². The van der Waals surface area contributed by atoms with E-state index in [9.17, 15) is 9.90 Å². The van der Waals surface area contributed by atoms with Crippen molar-refractivity contribution < 1.29 is 19.4 Å². The highest BCUT2D eigenvalue weighted by molar-refractivity contribution is 5.80. The first-order valence-corrected chi connectivity index (χ1v) is 3.87. The standard InChI is InChI=1S/C7H10N4O4/c1-11(7(12)13)4-8-5(14-2)10-6(9-4)15-3/h1-3H3,(H,12,13)/p-1. The number of hydrogen-bond acceptors (Lipinski definition) is 7. The van der Waals surface area contributed by atoms with Crippen molar-refractivity contribution in [2.75, 3.05) is 26.2 Å². The number of rotatable bonds is 3. The zero-order chi connectivity index (χ0) is 11.4. The largest absolute Gasteiger partial charge is 0.530 e. The van der Waals surface area contributed by atoms with Gasteiger partial charge in [0.15, 0.2) is 0 Å². The predicted octanol–water partition coefficient (Wildman–Crippen LogP) is -1.33. The van der Waals surface area contributed by atoms with Gasteiger partial charge in [-0.15, -0.1) is 4.98 Å². The Labute approximate surface area is 85.5 Å². The van der Waals surface area contributed by atoms with E-state index in [1.54, 1.807) is 0 Å². The van der Waals surface area contributed by atoms with Crippen molar-refractivity contribution in [3.05, 3.63) is 0 Å². The van der Waals surface area contributed by atoms with E-state index in [4.69, 9.17) is 9.47 Å². The van der Waals surface area contributed by atoms with Crippen LogP contribution in [0.25, 0.3) is 0 Å². The summed E-state index contributed by atoms with van der Waals surface area (Å²) < 4.78 is 9.49. The monoisotopic (exact) mass is 213 g/mol. The van der Waals surface area contributed by atoms with Crippen LogP contribution in [0, 0.1) is 0 Å². The highest BCUT2D eigenvalue weighted by Gasteiger charge is 2.11. The molecular formula is C7H9N4O4-. The fourth-order valence-corrected chi connectivity index (χ4v) is 0.742. The van der Waals surface area contributed by atoms with Crippen LogP contribution in [-0.4, -0.2) is 42.3 Å². The normalized spacial score (nSPS) is 9.53. The molecule has 1 heterocycles. The molecule has 0 atom stereocenters. The fourth-order valence-electron chi connectivity index (χ4n) is 0.742. The third-order valence-electron chi connectivity index (χ3n) is 1.52. The van der Waals surface area contributed by atoms with E-state index in [1.807, 2.05) is 0 Å². The van der Waals surface area contributed by atoms with Gasteiger partial charge in [-0.1, -0.05) is 0 Å². The maximum absolute atomic E-state index is 10.5. The summed E-state index contributed by atoms with van der Waals surface area (Å²) in [5, 5.41) is 10.5. The second-order valence-corrected chi connectivity index (χ2v) is 2.43. The summed E-state index contributed by atoms with van der Waals surface area (Å²) in [7, 11) is 3.93. The maximum atomic E-state index is 10.5. The average Bonchev–Trinajstić information content (AvgIpc) is 2.27. The Kier molecular flexibility index (Phi) is 3.21. The number of methoxy groups -OCH3 is 2. The Balaban J connectivity index is 3.11. The molecule has 0 saturated heterocycles. The van der Waals surface area contributed by atoms with Gasteiger partial charge in [-0.25, -0.2) is 0 Å². The molecule has 0 fully saturated rings. The Morgan fingerprint density at radius 1 is 1.20 bits per heavy atom. The van der Waals surface area contributed by atoms with Crippen LogP contribution in [0.1, 0.15) is 0 Å². The third kappa shape index (κ3) is 2.42. The molecule has 0 saturated carbocycles. The molecule has 1 aromatic heterocycles. The van der Waals surface area contributed by atoms with Gasteiger partial charge in [0.25, 0.3) is 0 Å². The van der Waals surface area contributed by atoms with Gasteiger partial charge < -0.3 is 19.4 Å². The Bertz CT molecular complexity index is 348. The summed E-state index contributed by atoms with van der Waals surface area (Å²) in [5.74, 6) is -0.126. The van der Waals surface area contributed by atoms with Gasteiger partial charge in [-0.3, -0.25) is 4.90 Å². The lowest BCUT2D eigenvalue weighted by molar-refractivity contribution is -0.246. The van der Waals surface area contributed by atoms with Gasteiger partial charge in [0.2, 0.25) is 5.95 Å². The molecule has 0 N–H and O–H groups in total. The number of carbonyl (C=O) groups is 1. The molecule has 0 aliphatic rings. The molecular weight excluding hydrogens is 204 g/mol. The highest BCUT2D eigenvalue weighted by atomic mass is 16.5. The molecule has 0 unspecified atom stereocenters. The van der Waals surface area contributed by atoms with Gasteiger partial charge in [0.1, 0.15) is 6.09 Å². The summed E-state index contributed by atoms with van der Waals surface area (Å²) in [6.07, 6.45) is -1.44. The second-order valence-electron chi connectivity index (χ2n) is 2.43. The minimum Gasteiger partial charge on any atom is -0.530 e. The first-order valence-electron chi connectivity index (χ1n) is 3.87. The molecule has 0 aliphatic carbocycles. The lowest BCUT2D eigenvalue weighted by atomic mass is 10.7. The topological polar surface area (TPSA) is 101 Å². The first-order chi connectivity index (χ1) is 7.08. The molecule has 1 aromatic rings. The number of aromatic nitrogens is 3. The first kappa shape index (κ1) is 11.0. The lowest BCUT2D eigenvalue weighted by Gasteiger charge is -2.17. The van der Waals surface area contributed by atoms with Crippen LogP contribution in [0.2, 0.25) is 0 Å². The molecule has 1 rings (SSSR count). The molecule has 15 heavy (non-hydrogen) atoms. The van der Waals surface area contributed by atoms with E-state index < -0.39 is 6.09 Å². The van der Waals surface area contributed by atoms with Crippen LogP contribution in [-0.2, 0) is 0 Å². The van der Waals surface area contributed by atoms with Gasteiger partial charge in [0, 0.05) is 7.05 Å². The fraction of sp³-hybridized carbons (Fsp3) is 0.429. The SMILES string of the molecule is COc1nc(OC)nc(N(C)C(=O)[O-])n1. The number of nitrogens with zero attached hydrogens (tertiary/aromatic N) is 4. The molecule has 8 nitrogen and oxygen atoms in total. The maximum Gasteiger partial charge on any atom is 0.324 e. The zero-order valence-corrected chi connectivity index (χ0v) is 8.42. The van der Waals surface area contributed by atoms with E-state index in [0.717, 1.165) is 0 Å². The summed E-state index contributed by atoms with van der Waals surface area (Å²) in [6, 6.07) is -0.0742. The van der Waals surface area contributed by atoms with Gasteiger partial charge in [0.05, 0.1) is 14.2 Å². The number of carboxylic acid groups (broad SMARTS) is 1. The number of carbonyl (C=O) groups excluding carboxylic acids is 1. The quantitative estimate of drug-likeness (QED) is 0.612. The Morgan fingerprint density at radius 3 is 2.00 bits per heavy atom. The van der Waals surface area contributed by atoms with Crippen molar-refractivity contribution in [3.8, 4) is 12.0 Å². The van der Waals surface area contributed by atoms with Crippen molar-refractivity contribution in [1.82, 2.24) is 15.0 Å². The molecule has 82 valence electrons. The minimum atomic E-state index is -1.44. The summed E-state index contributed by atoms with van der Waals surface area (Å²) in [4.78, 5) is 22.4. The van der Waals surface area contributed by atoms with E-state index in [2.05, 4.69) is 15.0 Å². The van der Waals surface area contributed by atoms with Crippen molar-refractivity contribution in [2.45, 2.75) is 0 Å². The number of hydrogen-bond donors (Lipinski definition) is 0. The van der Waals surface area contributed by atoms with Gasteiger partial charge >= 0.3 is 12.0 Å². The summed E-state index contributed by atoms with van der Waals surface area (Å²) in [6.45, 7) is 0. The molecule has 0 aromatic carbocycles. The second kappa shape index (κ2) is 4.40. The smallest absolute Gasteiger partial charge is 0.324 e. The third-order valence-corrected chi connectivity index (χ3v) is 1.52. The molecule has 0 aliphatic heterocycles. The summed E-state index contributed by atoms with van der Waals surface area (Å²) in [5.41, 5.74) is 0. The molecule has 0 spiro atoms. The Hall–Kier alpha value is -2.12. The van der Waals surface area contributed by atoms with E-state index in [-0.39, 0.29) is 18.0 Å². The Morgan fingerprint density at radius 2 is 1.67 bits per heavy atom.